The summed E-state index contributed by atoms with van der Waals surface area (Å²) in [4.78, 5) is 4.67. The fourth-order valence-electron chi connectivity index (χ4n) is 3.02. The van der Waals surface area contributed by atoms with E-state index in [1.807, 2.05) is 19.2 Å². The zero-order chi connectivity index (χ0) is 14.1. The molecule has 0 unspecified atom stereocenters. The Morgan fingerprint density at radius 2 is 2.00 bits per heavy atom. The highest BCUT2D eigenvalue weighted by Gasteiger charge is 2.24. The van der Waals surface area contributed by atoms with Gasteiger partial charge in [0.15, 0.2) is 11.5 Å². The van der Waals surface area contributed by atoms with E-state index in [4.69, 9.17) is 9.15 Å². The first-order valence-electron chi connectivity index (χ1n) is 7.37. The number of nitrogens with zero attached hydrogens (tertiary/aromatic N) is 1. The second kappa shape index (κ2) is 5.35. The second-order valence-corrected chi connectivity index (χ2v) is 5.78. The average molecular weight is 274 g/mol. The minimum atomic E-state index is 0.475. The molecule has 3 rings (SSSR count). The van der Waals surface area contributed by atoms with Crippen LogP contribution in [-0.4, -0.2) is 19.1 Å². The highest BCUT2D eigenvalue weighted by molar-refractivity contribution is 5.81. The van der Waals surface area contributed by atoms with Gasteiger partial charge in [0.1, 0.15) is 11.3 Å². The third-order valence-electron chi connectivity index (χ3n) is 4.36. The molecule has 1 heterocycles. The van der Waals surface area contributed by atoms with Gasteiger partial charge in [0.2, 0.25) is 0 Å². The number of oxazole rings is 1. The van der Waals surface area contributed by atoms with E-state index >= 15 is 0 Å². The highest BCUT2D eigenvalue weighted by Crippen LogP contribution is 2.37. The lowest BCUT2D eigenvalue weighted by atomic mass is 9.83. The van der Waals surface area contributed by atoms with Gasteiger partial charge in [-0.2, -0.15) is 0 Å². The Morgan fingerprint density at radius 1 is 1.25 bits per heavy atom. The van der Waals surface area contributed by atoms with Crippen LogP contribution < -0.4 is 10.1 Å². The van der Waals surface area contributed by atoms with Crippen LogP contribution in [0.2, 0.25) is 0 Å². The Morgan fingerprint density at radius 3 is 2.65 bits per heavy atom. The van der Waals surface area contributed by atoms with Crippen molar-refractivity contribution >= 4 is 16.8 Å². The van der Waals surface area contributed by atoms with Gasteiger partial charge in [-0.3, -0.25) is 0 Å². The smallest absolute Gasteiger partial charge is 0.198 e. The minimum absolute atomic E-state index is 0.475. The predicted octanol–water partition coefficient (Wildman–Crippen LogP) is 4.17. The van der Waals surface area contributed by atoms with Gasteiger partial charge >= 0.3 is 0 Å². The van der Waals surface area contributed by atoms with Gasteiger partial charge in [0.25, 0.3) is 0 Å². The molecule has 0 aliphatic heterocycles. The third-order valence-corrected chi connectivity index (χ3v) is 4.36. The van der Waals surface area contributed by atoms with Gasteiger partial charge in [-0.15, -0.1) is 0 Å². The average Bonchev–Trinajstić information content (AvgIpc) is 2.89. The first-order chi connectivity index (χ1) is 9.71. The van der Waals surface area contributed by atoms with Gasteiger partial charge in [-0.25, -0.2) is 4.98 Å². The van der Waals surface area contributed by atoms with Crippen molar-refractivity contribution in [2.75, 3.05) is 19.5 Å². The zero-order valence-electron chi connectivity index (χ0n) is 12.4. The van der Waals surface area contributed by atoms with Crippen LogP contribution in [0.5, 0.6) is 5.75 Å². The monoisotopic (exact) mass is 274 g/mol. The Labute approximate surface area is 119 Å². The van der Waals surface area contributed by atoms with E-state index in [0.29, 0.717) is 5.92 Å². The van der Waals surface area contributed by atoms with Crippen LogP contribution in [-0.2, 0) is 0 Å². The first kappa shape index (κ1) is 13.3. The topological polar surface area (TPSA) is 47.3 Å². The van der Waals surface area contributed by atoms with Crippen LogP contribution in [0.1, 0.15) is 44.4 Å². The van der Waals surface area contributed by atoms with Crippen LogP contribution in [0.15, 0.2) is 16.5 Å². The lowest BCUT2D eigenvalue weighted by Gasteiger charge is -2.23. The van der Waals surface area contributed by atoms with Crippen molar-refractivity contribution in [3.8, 4) is 5.75 Å². The minimum Gasteiger partial charge on any atom is -0.495 e. The Bertz CT molecular complexity index is 557. The molecular formula is C16H22N2O2. The molecule has 108 valence electrons. The number of nitrogens with one attached hydrogen (secondary N) is 1. The van der Waals surface area contributed by atoms with Crippen LogP contribution in [0.4, 0.5) is 5.69 Å². The van der Waals surface area contributed by atoms with E-state index < -0.39 is 0 Å². The lowest BCUT2D eigenvalue weighted by molar-refractivity contribution is 0.312. The lowest BCUT2D eigenvalue weighted by Crippen LogP contribution is -2.10. The molecule has 0 radical (unpaired) electrons. The van der Waals surface area contributed by atoms with E-state index in [9.17, 15) is 0 Å². The quantitative estimate of drug-likeness (QED) is 0.912. The maximum Gasteiger partial charge on any atom is 0.198 e. The molecule has 1 fully saturated rings. The number of rotatable bonds is 3. The largest absolute Gasteiger partial charge is 0.495 e. The van der Waals surface area contributed by atoms with Crippen molar-refractivity contribution in [1.29, 1.82) is 0 Å². The van der Waals surface area contributed by atoms with Gasteiger partial charge in [0, 0.05) is 25.1 Å². The molecule has 4 heteroatoms. The summed E-state index contributed by atoms with van der Waals surface area (Å²) in [6, 6.07) is 3.91. The van der Waals surface area contributed by atoms with E-state index in [-0.39, 0.29) is 0 Å². The fraction of sp³-hybridized carbons (Fsp3) is 0.562. The van der Waals surface area contributed by atoms with Crippen LogP contribution in [0, 0.1) is 5.92 Å². The molecule has 0 saturated heterocycles. The zero-order valence-corrected chi connectivity index (χ0v) is 12.4. The molecule has 20 heavy (non-hydrogen) atoms. The number of aromatic nitrogens is 1. The molecule has 0 bridgehead atoms. The van der Waals surface area contributed by atoms with E-state index in [2.05, 4.69) is 17.2 Å². The number of ether oxygens (including phenoxy) is 1. The van der Waals surface area contributed by atoms with Crippen LogP contribution in [0.25, 0.3) is 11.1 Å². The molecule has 1 aliphatic carbocycles. The molecule has 1 N–H and O–H groups in total. The Kier molecular flexibility index (Phi) is 3.55. The molecule has 1 aromatic heterocycles. The summed E-state index contributed by atoms with van der Waals surface area (Å²) in [5.41, 5.74) is 2.65. The number of benzene rings is 1. The SMILES string of the molecule is CNc1cc2oc(C3CCC(C)CC3)nc2cc1OC. The molecule has 1 aliphatic rings. The van der Waals surface area contributed by atoms with E-state index in [1.54, 1.807) is 7.11 Å². The van der Waals surface area contributed by atoms with E-state index in [1.165, 1.54) is 25.7 Å². The summed E-state index contributed by atoms with van der Waals surface area (Å²) < 4.78 is 11.3. The van der Waals surface area contributed by atoms with Gasteiger partial charge in [0.05, 0.1) is 12.8 Å². The normalized spacial score (nSPS) is 22.9. The number of anilines is 1. The van der Waals surface area contributed by atoms with Crippen molar-refractivity contribution in [3.05, 3.63) is 18.0 Å². The second-order valence-electron chi connectivity index (χ2n) is 5.78. The molecule has 1 saturated carbocycles. The van der Waals surface area contributed by atoms with Crippen molar-refractivity contribution in [3.63, 3.8) is 0 Å². The molecule has 1 aromatic carbocycles. The van der Waals surface area contributed by atoms with Gasteiger partial charge in [-0.1, -0.05) is 6.92 Å². The molecule has 4 nitrogen and oxygen atoms in total. The molecule has 2 aromatic rings. The highest BCUT2D eigenvalue weighted by atomic mass is 16.5. The van der Waals surface area contributed by atoms with Crippen molar-refractivity contribution in [1.82, 2.24) is 4.98 Å². The summed E-state index contributed by atoms with van der Waals surface area (Å²) in [6.07, 6.45) is 4.91. The third kappa shape index (κ3) is 2.35. The summed E-state index contributed by atoms with van der Waals surface area (Å²) in [7, 11) is 3.55. The maximum absolute atomic E-state index is 5.98. The number of methoxy groups -OCH3 is 1. The predicted molar refractivity (Wildman–Crippen MR) is 80.5 cm³/mol. The van der Waals surface area contributed by atoms with Crippen molar-refractivity contribution < 1.29 is 9.15 Å². The van der Waals surface area contributed by atoms with Gasteiger partial charge in [-0.05, 0) is 31.6 Å². The summed E-state index contributed by atoms with van der Waals surface area (Å²) in [5.74, 6) is 3.01. The summed E-state index contributed by atoms with van der Waals surface area (Å²) >= 11 is 0. The first-order valence-corrected chi connectivity index (χ1v) is 7.37. The fourth-order valence-corrected chi connectivity index (χ4v) is 3.02. The molecule has 0 spiro atoms. The van der Waals surface area contributed by atoms with Crippen molar-refractivity contribution in [2.45, 2.75) is 38.5 Å². The van der Waals surface area contributed by atoms with Crippen molar-refractivity contribution in [2.24, 2.45) is 5.92 Å². The standard InChI is InChI=1S/C16H22N2O2/c1-10-4-6-11(7-5-10)16-18-13-9-14(19-3)12(17-2)8-15(13)20-16/h8-11,17H,4-7H2,1-3H3. The van der Waals surface area contributed by atoms with E-state index in [0.717, 1.165) is 34.3 Å². The Hall–Kier alpha value is -1.71. The Balaban J connectivity index is 1.94. The number of fused-ring (bicyclic) bond motifs is 1. The summed E-state index contributed by atoms with van der Waals surface area (Å²) in [5, 5.41) is 3.12. The molecule has 0 atom stereocenters. The number of hydrogen-bond donors (Lipinski definition) is 1. The van der Waals surface area contributed by atoms with Crippen LogP contribution >= 0.6 is 0 Å². The molecule has 0 amide bonds. The van der Waals surface area contributed by atoms with Crippen LogP contribution in [0.3, 0.4) is 0 Å². The summed E-state index contributed by atoms with van der Waals surface area (Å²) in [6.45, 7) is 2.33. The van der Waals surface area contributed by atoms with Gasteiger partial charge < -0.3 is 14.5 Å². The molecular weight excluding hydrogens is 252 g/mol. The number of hydrogen-bond acceptors (Lipinski definition) is 4. The maximum atomic E-state index is 5.98.